The zero-order valence-electron chi connectivity index (χ0n) is 3.90. The molecule has 1 fully saturated rings. The summed E-state index contributed by atoms with van der Waals surface area (Å²) in [6.07, 6.45) is 0. The second kappa shape index (κ2) is 2.11. The van der Waals surface area contributed by atoms with Crippen molar-refractivity contribution in [3.05, 3.63) is 0 Å². The smallest absolute Gasteiger partial charge is 0.328 e. The number of nitrogens with one attached hydrogen (secondary N) is 1. The summed E-state index contributed by atoms with van der Waals surface area (Å²) < 4.78 is 1.27. The summed E-state index contributed by atoms with van der Waals surface area (Å²) in [5.74, 6) is 0. The van der Waals surface area contributed by atoms with Crippen LogP contribution in [-0.2, 0) is 0 Å². The van der Waals surface area contributed by atoms with Gasteiger partial charge in [0.25, 0.3) is 0 Å². The Bertz CT molecular complexity index is 120. The summed E-state index contributed by atoms with van der Waals surface area (Å²) in [5, 5.41) is 2.53. The Morgan fingerprint density at radius 3 is 2.75 bits per heavy atom. The lowest BCUT2D eigenvalue weighted by Gasteiger charge is -2.04. The minimum atomic E-state index is -0.248. The average molecular weight is 199 g/mol. The molecule has 8 heavy (non-hydrogen) atoms. The number of carbonyl (C=O) groups excluding carboxylic acids is 1. The first-order chi connectivity index (χ1) is 3.72. The summed E-state index contributed by atoms with van der Waals surface area (Å²) in [7, 11) is 0. The standard InChI is InChI=1S/C3H4BrClN2O/c4-7-2(5)1-6-3(7)8/h2H,1H2,(H,6,8). The minimum absolute atomic E-state index is 0.176. The van der Waals surface area contributed by atoms with Crippen LogP contribution in [0.1, 0.15) is 0 Å². The Balaban J connectivity index is 2.56. The summed E-state index contributed by atoms with van der Waals surface area (Å²) in [5.41, 5.74) is -0.248. The van der Waals surface area contributed by atoms with E-state index in [2.05, 4.69) is 21.5 Å². The van der Waals surface area contributed by atoms with Crippen molar-refractivity contribution < 1.29 is 4.79 Å². The molecule has 0 radical (unpaired) electrons. The van der Waals surface area contributed by atoms with Crippen LogP contribution in [0.3, 0.4) is 0 Å². The van der Waals surface area contributed by atoms with E-state index in [9.17, 15) is 4.79 Å². The Kier molecular flexibility index (Phi) is 1.62. The topological polar surface area (TPSA) is 32.3 Å². The quantitative estimate of drug-likeness (QED) is 0.351. The van der Waals surface area contributed by atoms with Gasteiger partial charge in [0.2, 0.25) is 0 Å². The number of nitrogens with zero attached hydrogens (tertiary/aromatic N) is 1. The molecule has 1 atom stereocenters. The van der Waals surface area contributed by atoms with Crippen LogP contribution >= 0.6 is 27.7 Å². The van der Waals surface area contributed by atoms with E-state index in [0.29, 0.717) is 6.54 Å². The van der Waals surface area contributed by atoms with Gasteiger partial charge >= 0.3 is 6.03 Å². The molecular formula is C3H4BrClN2O. The van der Waals surface area contributed by atoms with E-state index in [1.165, 1.54) is 3.93 Å². The highest BCUT2D eigenvalue weighted by molar-refractivity contribution is 9.07. The Labute approximate surface area is 60.3 Å². The normalized spacial score (nSPS) is 28.5. The van der Waals surface area contributed by atoms with Gasteiger partial charge < -0.3 is 5.32 Å². The number of amides is 2. The van der Waals surface area contributed by atoms with Crippen LogP contribution in [0.5, 0.6) is 0 Å². The zero-order valence-corrected chi connectivity index (χ0v) is 6.24. The molecule has 0 aromatic rings. The van der Waals surface area contributed by atoms with E-state index in [1.807, 2.05) is 0 Å². The van der Waals surface area contributed by atoms with E-state index < -0.39 is 0 Å². The highest BCUT2D eigenvalue weighted by atomic mass is 79.9. The van der Waals surface area contributed by atoms with E-state index in [1.54, 1.807) is 0 Å². The number of hydrogen-bond donors (Lipinski definition) is 1. The first-order valence-corrected chi connectivity index (χ1v) is 3.23. The highest BCUT2D eigenvalue weighted by Gasteiger charge is 2.26. The fourth-order valence-corrected chi connectivity index (χ4v) is 0.890. The number of urea groups is 1. The predicted molar refractivity (Wildman–Crippen MR) is 33.8 cm³/mol. The molecule has 1 unspecified atom stereocenters. The van der Waals surface area contributed by atoms with Crippen LogP contribution in [0.2, 0.25) is 0 Å². The van der Waals surface area contributed by atoms with Gasteiger partial charge in [-0.2, -0.15) is 0 Å². The molecule has 0 aliphatic carbocycles. The molecule has 1 aliphatic heterocycles. The number of carbonyl (C=O) groups is 1. The maximum Gasteiger partial charge on any atom is 0.328 e. The van der Waals surface area contributed by atoms with Crippen LogP contribution in [0, 0.1) is 0 Å². The summed E-state index contributed by atoms with van der Waals surface area (Å²) in [4.78, 5) is 10.5. The lowest BCUT2D eigenvalue weighted by molar-refractivity contribution is 0.238. The van der Waals surface area contributed by atoms with Crippen molar-refractivity contribution >= 4 is 33.8 Å². The lowest BCUT2D eigenvalue weighted by Crippen LogP contribution is -2.20. The molecule has 1 heterocycles. The maximum atomic E-state index is 10.5. The maximum absolute atomic E-state index is 10.5. The van der Waals surface area contributed by atoms with E-state index >= 15 is 0 Å². The fraction of sp³-hybridized carbons (Fsp3) is 0.667. The van der Waals surface area contributed by atoms with Crippen molar-refractivity contribution in [1.29, 1.82) is 0 Å². The molecule has 1 aliphatic rings. The van der Waals surface area contributed by atoms with Crippen molar-refractivity contribution in [2.45, 2.75) is 5.50 Å². The molecule has 1 rings (SSSR count). The molecule has 0 saturated carbocycles. The van der Waals surface area contributed by atoms with Gasteiger partial charge in [-0.15, -0.1) is 0 Å². The highest BCUT2D eigenvalue weighted by Crippen LogP contribution is 2.14. The average Bonchev–Trinajstić information content (AvgIpc) is 1.98. The largest absolute Gasteiger partial charge is 0.334 e. The lowest BCUT2D eigenvalue weighted by atomic mass is 10.7. The summed E-state index contributed by atoms with van der Waals surface area (Å²) in [6, 6.07) is -0.176. The summed E-state index contributed by atoms with van der Waals surface area (Å²) >= 11 is 8.51. The van der Waals surface area contributed by atoms with E-state index in [0.717, 1.165) is 0 Å². The van der Waals surface area contributed by atoms with Crippen molar-refractivity contribution in [1.82, 2.24) is 9.24 Å². The first-order valence-electron chi connectivity index (χ1n) is 2.08. The second-order valence-corrected chi connectivity index (χ2v) is 2.70. The molecule has 0 aromatic carbocycles. The third-order valence-electron chi connectivity index (χ3n) is 0.862. The van der Waals surface area contributed by atoms with Crippen LogP contribution in [0.15, 0.2) is 0 Å². The summed E-state index contributed by atoms with van der Waals surface area (Å²) in [6.45, 7) is 0.506. The van der Waals surface area contributed by atoms with E-state index in [4.69, 9.17) is 11.6 Å². The molecule has 0 bridgehead atoms. The molecular weight excluding hydrogens is 195 g/mol. The van der Waals surface area contributed by atoms with E-state index in [-0.39, 0.29) is 11.5 Å². The van der Waals surface area contributed by atoms with Crippen molar-refractivity contribution in [3.8, 4) is 0 Å². The molecule has 46 valence electrons. The number of rotatable bonds is 0. The van der Waals surface area contributed by atoms with Crippen molar-refractivity contribution in [2.24, 2.45) is 0 Å². The Morgan fingerprint density at radius 2 is 2.62 bits per heavy atom. The molecule has 1 N–H and O–H groups in total. The minimum Gasteiger partial charge on any atom is -0.334 e. The van der Waals surface area contributed by atoms with Crippen molar-refractivity contribution in [3.63, 3.8) is 0 Å². The van der Waals surface area contributed by atoms with Crippen LogP contribution in [0.25, 0.3) is 0 Å². The second-order valence-electron chi connectivity index (χ2n) is 1.43. The number of hydrogen-bond acceptors (Lipinski definition) is 1. The van der Waals surface area contributed by atoms with Gasteiger partial charge in [-0.25, -0.2) is 8.72 Å². The van der Waals surface area contributed by atoms with Crippen molar-refractivity contribution in [2.75, 3.05) is 6.54 Å². The van der Waals surface area contributed by atoms with Crippen LogP contribution < -0.4 is 5.32 Å². The third-order valence-corrected chi connectivity index (χ3v) is 2.26. The fourth-order valence-electron chi connectivity index (χ4n) is 0.454. The van der Waals surface area contributed by atoms with Gasteiger partial charge in [0.1, 0.15) is 5.50 Å². The van der Waals surface area contributed by atoms with Crippen LogP contribution in [-0.4, -0.2) is 22.0 Å². The zero-order chi connectivity index (χ0) is 6.15. The molecule has 1 saturated heterocycles. The molecule has 3 nitrogen and oxygen atoms in total. The first kappa shape index (κ1) is 6.16. The van der Waals surface area contributed by atoms with Gasteiger partial charge in [0.15, 0.2) is 0 Å². The third kappa shape index (κ3) is 0.902. The predicted octanol–water partition coefficient (Wildman–Crippen LogP) is 0.886. The van der Waals surface area contributed by atoms with Gasteiger partial charge in [-0.3, -0.25) is 0 Å². The number of halogens is 2. The molecule has 2 amide bonds. The van der Waals surface area contributed by atoms with Gasteiger partial charge in [-0.1, -0.05) is 11.6 Å². The van der Waals surface area contributed by atoms with Gasteiger partial charge in [0.05, 0.1) is 22.7 Å². The van der Waals surface area contributed by atoms with Gasteiger partial charge in [-0.05, 0) is 0 Å². The Morgan fingerprint density at radius 1 is 2.00 bits per heavy atom. The SMILES string of the molecule is O=C1NCC(Cl)N1Br. The molecule has 5 heteroatoms. The molecule has 0 spiro atoms. The van der Waals surface area contributed by atoms with Crippen LogP contribution in [0.4, 0.5) is 4.79 Å². The molecule has 0 aromatic heterocycles. The monoisotopic (exact) mass is 198 g/mol. The Hall–Kier alpha value is 0.0400. The van der Waals surface area contributed by atoms with Gasteiger partial charge in [0, 0.05) is 0 Å². The number of alkyl halides is 1.